The average molecular weight is 509 g/mol. The summed E-state index contributed by atoms with van der Waals surface area (Å²) >= 11 is 3.45. The van der Waals surface area contributed by atoms with Gasteiger partial charge in [0.1, 0.15) is 12.4 Å². The molecule has 0 radical (unpaired) electrons. The second-order valence-electron chi connectivity index (χ2n) is 7.97. The van der Waals surface area contributed by atoms with Crippen LogP contribution in [-0.2, 0) is 21.4 Å². The molecule has 7 nitrogen and oxygen atoms in total. The number of carbonyl (C=O) groups is 1. The lowest BCUT2D eigenvalue weighted by Gasteiger charge is -2.39. The maximum Gasteiger partial charge on any atom is 0.414 e. The number of hydrogen-bond donors (Lipinski definition) is 0. The van der Waals surface area contributed by atoms with Gasteiger partial charge in [-0.1, -0.05) is 15.9 Å². The van der Waals surface area contributed by atoms with Crippen molar-refractivity contribution in [2.45, 2.75) is 50.3 Å². The lowest BCUT2D eigenvalue weighted by Crippen LogP contribution is -2.50. The number of benzene rings is 2. The molecule has 2 heterocycles. The van der Waals surface area contributed by atoms with E-state index in [-0.39, 0.29) is 29.7 Å². The highest BCUT2D eigenvalue weighted by Crippen LogP contribution is 2.34. The number of rotatable bonds is 5. The first-order chi connectivity index (χ1) is 14.8. The third kappa shape index (κ3) is 4.58. The number of fused-ring (bicyclic) bond motifs is 1. The molecule has 4 rings (SSSR count). The van der Waals surface area contributed by atoms with Crippen molar-refractivity contribution in [3.8, 4) is 5.75 Å². The minimum Gasteiger partial charge on any atom is -0.491 e. The van der Waals surface area contributed by atoms with Crippen LogP contribution in [0.5, 0.6) is 5.75 Å². The van der Waals surface area contributed by atoms with E-state index in [1.165, 1.54) is 4.31 Å². The summed E-state index contributed by atoms with van der Waals surface area (Å²) in [6.07, 6.45) is 0.725. The molecule has 0 atom stereocenters. The molecule has 166 valence electrons. The molecule has 1 saturated heterocycles. The summed E-state index contributed by atoms with van der Waals surface area (Å²) in [6.45, 7) is 4.77. The molecule has 2 aliphatic rings. The van der Waals surface area contributed by atoms with E-state index in [0.717, 1.165) is 15.7 Å². The van der Waals surface area contributed by atoms with Crippen molar-refractivity contribution >= 4 is 37.7 Å². The summed E-state index contributed by atoms with van der Waals surface area (Å²) in [7, 11) is -3.60. The van der Waals surface area contributed by atoms with Gasteiger partial charge in [-0.15, -0.1) is 0 Å². The number of halogens is 1. The Morgan fingerprint density at radius 1 is 1.10 bits per heavy atom. The van der Waals surface area contributed by atoms with Gasteiger partial charge in [0, 0.05) is 29.2 Å². The van der Waals surface area contributed by atoms with E-state index in [1.807, 2.05) is 32.0 Å². The zero-order valence-corrected chi connectivity index (χ0v) is 19.9. The smallest absolute Gasteiger partial charge is 0.414 e. The SMILES string of the molecule is CC(C)Oc1ccc(S(=O)(=O)N2CCC(N3C(=O)OCc4cc(Br)ccc43)CC2)cc1. The molecule has 0 saturated carbocycles. The number of hydrogen-bond acceptors (Lipinski definition) is 5. The van der Waals surface area contributed by atoms with Crippen LogP contribution >= 0.6 is 15.9 Å². The van der Waals surface area contributed by atoms with Crippen molar-refractivity contribution < 1.29 is 22.7 Å². The first kappa shape index (κ1) is 22.1. The van der Waals surface area contributed by atoms with Crippen molar-refractivity contribution in [3.05, 3.63) is 52.5 Å². The molecule has 1 amide bonds. The van der Waals surface area contributed by atoms with E-state index < -0.39 is 10.0 Å². The number of sulfonamides is 1. The zero-order chi connectivity index (χ0) is 22.2. The van der Waals surface area contributed by atoms with E-state index in [9.17, 15) is 13.2 Å². The fraction of sp³-hybridized carbons (Fsp3) is 0.409. The molecule has 31 heavy (non-hydrogen) atoms. The van der Waals surface area contributed by atoms with Gasteiger partial charge in [0.25, 0.3) is 0 Å². The van der Waals surface area contributed by atoms with Gasteiger partial charge in [-0.2, -0.15) is 4.31 Å². The molecule has 2 aliphatic heterocycles. The van der Waals surface area contributed by atoms with Gasteiger partial charge in [-0.3, -0.25) is 4.90 Å². The van der Waals surface area contributed by atoms with Gasteiger partial charge in [-0.25, -0.2) is 13.2 Å². The lowest BCUT2D eigenvalue weighted by molar-refractivity contribution is 0.135. The van der Waals surface area contributed by atoms with Crippen LogP contribution in [-0.4, -0.2) is 44.1 Å². The number of nitrogens with zero attached hydrogens (tertiary/aromatic N) is 2. The maximum absolute atomic E-state index is 13.1. The fourth-order valence-corrected chi connectivity index (χ4v) is 5.89. The Morgan fingerprint density at radius 3 is 2.42 bits per heavy atom. The molecule has 0 aliphatic carbocycles. The van der Waals surface area contributed by atoms with Crippen LogP contribution < -0.4 is 9.64 Å². The summed E-state index contributed by atoms with van der Waals surface area (Å²) in [5.74, 6) is 0.640. The van der Waals surface area contributed by atoms with Gasteiger partial charge >= 0.3 is 6.09 Å². The van der Waals surface area contributed by atoms with E-state index in [2.05, 4.69) is 15.9 Å². The van der Waals surface area contributed by atoms with Crippen LogP contribution in [0.2, 0.25) is 0 Å². The van der Waals surface area contributed by atoms with E-state index in [4.69, 9.17) is 9.47 Å². The average Bonchev–Trinajstić information content (AvgIpc) is 2.74. The number of cyclic esters (lactones) is 1. The molecule has 0 unspecified atom stereocenters. The highest BCUT2D eigenvalue weighted by atomic mass is 79.9. The largest absolute Gasteiger partial charge is 0.491 e. The van der Waals surface area contributed by atoms with Gasteiger partial charge in [0.15, 0.2) is 0 Å². The number of anilines is 1. The normalized spacial score (nSPS) is 18.1. The van der Waals surface area contributed by atoms with Crippen LogP contribution in [0, 0.1) is 0 Å². The zero-order valence-electron chi connectivity index (χ0n) is 17.5. The predicted molar refractivity (Wildman–Crippen MR) is 121 cm³/mol. The Balaban J connectivity index is 1.47. The van der Waals surface area contributed by atoms with Gasteiger partial charge in [-0.05, 0) is 69.2 Å². The molecular weight excluding hydrogens is 484 g/mol. The van der Waals surface area contributed by atoms with Gasteiger partial charge < -0.3 is 9.47 Å². The molecule has 0 aromatic heterocycles. The summed E-state index contributed by atoms with van der Waals surface area (Å²) in [5, 5.41) is 0. The second-order valence-corrected chi connectivity index (χ2v) is 10.8. The van der Waals surface area contributed by atoms with Crippen molar-refractivity contribution in [2.24, 2.45) is 0 Å². The third-order valence-electron chi connectivity index (χ3n) is 5.47. The third-order valence-corrected chi connectivity index (χ3v) is 7.88. The fourth-order valence-electron chi connectivity index (χ4n) is 4.01. The number of piperidine rings is 1. The molecule has 0 bridgehead atoms. The highest BCUT2D eigenvalue weighted by Gasteiger charge is 2.37. The summed E-state index contributed by atoms with van der Waals surface area (Å²) in [4.78, 5) is 14.4. The van der Waals surface area contributed by atoms with Crippen LogP contribution in [0.3, 0.4) is 0 Å². The van der Waals surface area contributed by atoms with Crippen LogP contribution in [0.15, 0.2) is 51.8 Å². The highest BCUT2D eigenvalue weighted by molar-refractivity contribution is 9.10. The lowest BCUT2D eigenvalue weighted by atomic mass is 10.0. The Hall–Kier alpha value is -2.10. The van der Waals surface area contributed by atoms with Gasteiger partial charge in [0.2, 0.25) is 10.0 Å². The predicted octanol–water partition coefficient (Wildman–Crippen LogP) is 4.55. The number of ether oxygens (including phenoxy) is 2. The van der Waals surface area contributed by atoms with Crippen LogP contribution in [0.4, 0.5) is 10.5 Å². The maximum atomic E-state index is 13.1. The monoisotopic (exact) mass is 508 g/mol. The van der Waals surface area contributed by atoms with Crippen molar-refractivity contribution in [1.82, 2.24) is 4.31 Å². The molecule has 9 heteroatoms. The molecule has 0 spiro atoms. The Kier molecular flexibility index (Phi) is 6.27. The minimum atomic E-state index is -3.60. The van der Waals surface area contributed by atoms with E-state index in [0.29, 0.717) is 31.7 Å². The standard InChI is InChI=1S/C22H25BrN2O5S/c1-15(2)30-19-4-6-20(7-5-19)31(27,28)24-11-9-18(10-12-24)25-21-8-3-17(23)13-16(21)14-29-22(25)26/h3-8,13,15,18H,9-12,14H2,1-2H3. The Bertz CT molecular complexity index is 1060. The second kappa shape index (κ2) is 8.80. The molecule has 1 fully saturated rings. The van der Waals surface area contributed by atoms with Crippen LogP contribution in [0.25, 0.3) is 0 Å². The minimum absolute atomic E-state index is 0.0224. The molecule has 2 aromatic carbocycles. The molecular formula is C22H25BrN2O5S. The molecule has 0 N–H and O–H groups in total. The van der Waals surface area contributed by atoms with Crippen molar-refractivity contribution in [2.75, 3.05) is 18.0 Å². The first-order valence-corrected chi connectivity index (χ1v) is 12.5. The van der Waals surface area contributed by atoms with Crippen molar-refractivity contribution in [1.29, 1.82) is 0 Å². The van der Waals surface area contributed by atoms with Crippen molar-refractivity contribution in [3.63, 3.8) is 0 Å². The molecule has 2 aromatic rings. The number of carbonyl (C=O) groups excluding carboxylic acids is 1. The quantitative estimate of drug-likeness (QED) is 0.592. The Morgan fingerprint density at radius 2 is 1.77 bits per heavy atom. The first-order valence-electron chi connectivity index (χ1n) is 10.3. The van der Waals surface area contributed by atoms with E-state index >= 15 is 0 Å². The number of amides is 1. The Labute approximate surface area is 191 Å². The summed E-state index contributed by atoms with van der Waals surface area (Å²) in [6, 6.07) is 12.2. The van der Waals surface area contributed by atoms with E-state index in [1.54, 1.807) is 29.2 Å². The van der Waals surface area contributed by atoms with Crippen LogP contribution in [0.1, 0.15) is 32.3 Å². The van der Waals surface area contributed by atoms with Gasteiger partial charge in [0.05, 0.1) is 16.7 Å². The topological polar surface area (TPSA) is 76.2 Å². The summed E-state index contributed by atoms with van der Waals surface area (Å²) in [5.41, 5.74) is 1.77. The summed E-state index contributed by atoms with van der Waals surface area (Å²) < 4.78 is 39.5.